The van der Waals surface area contributed by atoms with Gasteiger partial charge in [-0.25, -0.2) is 0 Å². The van der Waals surface area contributed by atoms with E-state index in [1.54, 1.807) is 0 Å². The zero-order valence-electron chi connectivity index (χ0n) is 9.13. The molecule has 1 fully saturated rings. The van der Waals surface area contributed by atoms with E-state index < -0.39 is 0 Å². The van der Waals surface area contributed by atoms with Gasteiger partial charge in [-0.1, -0.05) is 36.2 Å². The summed E-state index contributed by atoms with van der Waals surface area (Å²) in [4.78, 5) is 13.8. The van der Waals surface area contributed by atoms with Crippen LogP contribution in [0.5, 0.6) is 0 Å². The fourth-order valence-electron chi connectivity index (χ4n) is 1.76. The number of likely N-dealkylation sites (tertiary alicyclic amines) is 1. The smallest absolute Gasteiger partial charge is 0.222 e. The minimum atomic E-state index is 0.350. The minimum Gasteiger partial charge on any atom is -0.342 e. The summed E-state index contributed by atoms with van der Waals surface area (Å²) in [5, 5.41) is 1.03. The topological polar surface area (TPSA) is 20.3 Å². The molecular formula is C11H20BrNO. The fourth-order valence-corrected chi connectivity index (χ4v) is 2.29. The van der Waals surface area contributed by atoms with Gasteiger partial charge in [-0.2, -0.15) is 0 Å². The Bertz CT molecular complexity index is 196. The number of carbonyl (C=O) groups excluding carboxylic acids is 1. The van der Waals surface area contributed by atoms with Crippen LogP contribution in [0.3, 0.4) is 0 Å². The highest BCUT2D eigenvalue weighted by Gasteiger charge is 2.25. The zero-order valence-corrected chi connectivity index (χ0v) is 10.7. The van der Waals surface area contributed by atoms with Crippen LogP contribution in [0.2, 0.25) is 0 Å². The molecule has 0 radical (unpaired) electrons. The van der Waals surface area contributed by atoms with Crippen LogP contribution in [-0.2, 0) is 4.79 Å². The number of nitrogens with zero attached hydrogens (tertiary/aromatic N) is 1. The second-order valence-electron chi connectivity index (χ2n) is 4.37. The molecule has 0 N–H and O–H groups in total. The number of hydrogen-bond donors (Lipinski definition) is 0. The van der Waals surface area contributed by atoms with Crippen molar-refractivity contribution in [3.05, 3.63) is 0 Å². The van der Waals surface area contributed by atoms with Crippen LogP contribution in [0.15, 0.2) is 0 Å². The third-order valence-electron chi connectivity index (χ3n) is 3.08. The molecule has 1 amide bonds. The standard InChI is InChI=1S/C11H20BrNO/c1-3-9(2)6-11(14)13-5-4-10(7-12)8-13/h9-10H,3-8H2,1-2H3. The van der Waals surface area contributed by atoms with Crippen LogP contribution in [0.4, 0.5) is 0 Å². The number of amides is 1. The van der Waals surface area contributed by atoms with E-state index in [0.717, 1.165) is 37.7 Å². The van der Waals surface area contributed by atoms with Crippen molar-refractivity contribution in [1.82, 2.24) is 4.90 Å². The summed E-state index contributed by atoms with van der Waals surface area (Å²) in [7, 11) is 0. The highest BCUT2D eigenvalue weighted by atomic mass is 79.9. The van der Waals surface area contributed by atoms with Gasteiger partial charge >= 0.3 is 0 Å². The molecule has 0 saturated carbocycles. The molecule has 1 saturated heterocycles. The average molecular weight is 262 g/mol. The third kappa shape index (κ3) is 3.26. The van der Waals surface area contributed by atoms with Crippen molar-refractivity contribution < 1.29 is 4.79 Å². The lowest BCUT2D eigenvalue weighted by molar-refractivity contribution is -0.131. The van der Waals surface area contributed by atoms with E-state index in [4.69, 9.17) is 0 Å². The van der Waals surface area contributed by atoms with E-state index in [9.17, 15) is 4.79 Å². The Kier molecular flexibility index (Phi) is 4.93. The lowest BCUT2D eigenvalue weighted by Gasteiger charge is -2.18. The molecular weight excluding hydrogens is 242 g/mol. The molecule has 2 unspecified atom stereocenters. The van der Waals surface area contributed by atoms with E-state index in [1.807, 2.05) is 4.90 Å². The maximum absolute atomic E-state index is 11.8. The Morgan fingerprint density at radius 3 is 2.86 bits per heavy atom. The first-order chi connectivity index (χ1) is 6.67. The highest BCUT2D eigenvalue weighted by Crippen LogP contribution is 2.20. The van der Waals surface area contributed by atoms with E-state index in [2.05, 4.69) is 29.8 Å². The monoisotopic (exact) mass is 261 g/mol. The van der Waals surface area contributed by atoms with Gasteiger partial charge in [0.15, 0.2) is 0 Å². The summed E-state index contributed by atoms with van der Waals surface area (Å²) in [6.07, 6.45) is 2.99. The Morgan fingerprint density at radius 1 is 1.64 bits per heavy atom. The number of carbonyl (C=O) groups is 1. The molecule has 1 heterocycles. The van der Waals surface area contributed by atoms with Crippen LogP contribution in [0.25, 0.3) is 0 Å². The predicted molar refractivity (Wildman–Crippen MR) is 62.6 cm³/mol. The summed E-state index contributed by atoms with van der Waals surface area (Å²) in [6, 6.07) is 0. The summed E-state index contributed by atoms with van der Waals surface area (Å²) >= 11 is 3.48. The first-order valence-corrected chi connectivity index (χ1v) is 6.63. The number of hydrogen-bond acceptors (Lipinski definition) is 1. The minimum absolute atomic E-state index is 0.350. The lowest BCUT2D eigenvalue weighted by Crippen LogP contribution is -2.29. The highest BCUT2D eigenvalue weighted by molar-refractivity contribution is 9.09. The van der Waals surface area contributed by atoms with Gasteiger partial charge in [-0.05, 0) is 18.3 Å². The molecule has 0 aliphatic carbocycles. The molecule has 1 rings (SSSR count). The van der Waals surface area contributed by atoms with Crippen molar-refractivity contribution in [2.24, 2.45) is 11.8 Å². The van der Waals surface area contributed by atoms with Crippen LogP contribution >= 0.6 is 15.9 Å². The lowest BCUT2D eigenvalue weighted by atomic mass is 10.0. The van der Waals surface area contributed by atoms with E-state index >= 15 is 0 Å². The molecule has 1 aliphatic heterocycles. The van der Waals surface area contributed by atoms with Gasteiger partial charge in [-0.15, -0.1) is 0 Å². The second kappa shape index (κ2) is 5.74. The molecule has 1 aliphatic rings. The maximum atomic E-state index is 11.8. The molecule has 0 aromatic rings. The second-order valence-corrected chi connectivity index (χ2v) is 5.01. The fraction of sp³-hybridized carbons (Fsp3) is 0.909. The van der Waals surface area contributed by atoms with Gasteiger partial charge in [0.1, 0.15) is 0 Å². The first kappa shape index (κ1) is 12.0. The quantitative estimate of drug-likeness (QED) is 0.713. The summed E-state index contributed by atoms with van der Waals surface area (Å²) in [5.41, 5.74) is 0. The zero-order chi connectivity index (χ0) is 10.6. The summed E-state index contributed by atoms with van der Waals surface area (Å²) in [6.45, 7) is 6.21. The number of rotatable bonds is 4. The third-order valence-corrected chi connectivity index (χ3v) is 3.99. The predicted octanol–water partition coefficient (Wildman–Crippen LogP) is 2.67. The van der Waals surface area contributed by atoms with E-state index in [-0.39, 0.29) is 0 Å². The van der Waals surface area contributed by atoms with Crippen molar-refractivity contribution in [3.63, 3.8) is 0 Å². The van der Waals surface area contributed by atoms with Crippen molar-refractivity contribution in [2.75, 3.05) is 18.4 Å². The van der Waals surface area contributed by atoms with E-state index in [1.165, 1.54) is 0 Å². The van der Waals surface area contributed by atoms with Crippen molar-refractivity contribution >= 4 is 21.8 Å². The molecule has 2 nitrogen and oxygen atoms in total. The van der Waals surface area contributed by atoms with Crippen LogP contribution in [0.1, 0.15) is 33.1 Å². The maximum Gasteiger partial charge on any atom is 0.222 e. The molecule has 14 heavy (non-hydrogen) atoms. The first-order valence-electron chi connectivity index (χ1n) is 5.51. The van der Waals surface area contributed by atoms with Gasteiger partial charge in [0.05, 0.1) is 0 Å². The molecule has 0 spiro atoms. The average Bonchev–Trinajstić information content (AvgIpc) is 2.65. The molecule has 82 valence electrons. The molecule has 0 aromatic heterocycles. The van der Waals surface area contributed by atoms with Crippen molar-refractivity contribution in [3.8, 4) is 0 Å². The Morgan fingerprint density at radius 2 is 2.36 bits per heavy atom. The van der Waals surface area contributed by atoms with Gasteiger partial charge in [0, 0.05) is 24.8 Å². The van der Waals surface area contributed by atoms with Crippen molar-refractivity contribution in [2.45, 2.75) is 33.1 Å². The van der Waals surface area contributed by atoms with Crippen LogP contribution < -0.4 is 0 Å². The van der Waals surface area contributed by atoms with Crippen LogP contribution in [0, 0.1) is 11.8 Å². The summed E-state index contributed by atoms with van der Waals surface area (Å²) < 4.78 is 0. The largest absolute Gasteiger partial charge is 0.342 e. The van der Waals surface area contributed by atoms with E-state index in [0.29, 0.717) is 17.7 Å². The van der Waals surface area contributed by atoms with Crippen LogP contribution in [-0.4, -0.2) is 29.2 Å². The Labute approximate surface area is 95.2 Å². The Balaban J connectivity index is 2.32. The van der Waals surface area contributed by atoms with Gasteiger partial charge < -0.3 is 4.90 Å². The molecule has 3 heteroatoms. The SMILES string of the molecule is CCC(C)CC(=O)N1CCC(CBr)C1. The molecule has 0 aromatic carbocycles. The Hall–Kier alpha value is -0.0500. The molecule has 2 atom stereocenters. The number of halogens is 1. The normalized spacial score (nSPS) is 23.9. The van der Waals surface area contributed by atoms with Gasteiger partial charge in [-0.3, -0.25) is 4.79 Å². The summed E-state index contributed by atoms with van der Waals surface area (Å²) in [5.74, 6) is 1.56. The van der Waals surface area contributed by atoms with Crippen molar-refractivity contribution in [1.29, 1.82) is 0 Å². The van der Waals surface area contributed by atoms with Gasteiger partial charge in [0.25, 0.3) is 0 Å². The number of alkyl halides is 1. The van der Waals surface area contributed by atoms with Gasteiger partial charge in [0.2, 0.25) is 5.91 Å². The molecule has 0 bridgehead atoms.